The number of halogens is 1. The molecule has 0 bridgehead atoms. The fraction of sp³-hybridized carbons (Fsp3) is 0.250. The second-order valence-corrected chi connectivity index (χ2v) is 5.37. The van der Waals surface area contributed by atoms with Gasteiger partial charge in [-0.2, -0.15) is 0 Å². The van der Waals surface area contributed by atoms with Gasteiger partial charge in [-0.25, -0.2) is 0 Å². The van der Waals surface area contributed by atoms with Crippen LogP contribution in [0.5, 0.6) is 0 Å². The Morgan fingerprint density at radius 2 is 2.09 bits per heavy atom. The maximum absolute atomic E-state index is 12.2. The Bertz CT molecular complexity index is 658. The summed E-state index contributed by atoms with van der Waals surface area (Å²) in [6, 6.07) is 9.07. The summed E-state index contributed by atoms with van der Waals surface area (Å²) in [4.78, 5) is 18.4. The van der Waals surface area contributed by atoms with Gasteiger partial charge in [0.2, 0.25) is 0 Å². The summed E-state index contributed by atoms with van der Waals surface area (Å²) >= 11 is 6.19. The zero-order chi connectivity index (χ0) is 15.4. The van der Waals surface area contributed by atoms with Gasteiger partial charge in [-0.3, -0.25) is 9.78 Å². The Morgan fingerprint density at radius 1 is 1.27 bits per heavy atom. The first kappa shape index (κ1) is 14.8. The molecule has 1 fully saturated rings. The zero-order valence-corrected chi connectivity index (χ0v) is 12.7. The van der Waals surface area contributed by atoms with E-state index in [2.05, 4.69) is 15.2 Å². The van der Waals surface area contributed by atoms with E-state index in [1.165, 1.54) is 6.20 Å². The fourth-order valence-corrected chi connectivity index (χ4v) is 2.48. The Morgan fingerprint density at radius 3 is 2.82 bits per heavy atom. The number of carbonyl (C=O) groups is 1. The van der Waals surface area contributed by atoms with Gasteiger partial charge >= 0.3 is 0 Å². The van der Waals surface area contributed by atoms with Crippen molar-refractivity contribution < 1.29 is 9.53 Å². The molecule has 2 heterocycles. The third kappa shape index (κ3) is 3.37. The van der Waals surface area contributed by atoms with Crippen molar-refractivity contribution in [3.05, 3.63) is 53.3 Å². The number of morpholine rings is 1. The van der Waals surface area contributed by atoms with Crippen LogP contribution in [0, 0.1) is 0 Å². The predicted octanol–water partition coefficient (Wildman–Crippen LogP) is 2.82. The van der Waals surface area contributed by atoms with E-state index in [4.69, 9.17) is 16.3 Å². The zero-order valence-electron chi connectivity index (χ0n) is 12.0. The van der Waals surface area contributed by atoms with Crippen LogP contribution in [0.2, 0.25) is 5.02 Å². The van der Waals surface area contributed by atoms with E-state index in [-0.39, 0.29) is 5.91 Å². The normalized spacial score (nSPS) is 14.7. The van der Waals surface area contributed by atoms with Crippen LogP contribution in [0.3, 0.4) is 0 Å². The maximum atomic E-state index is 12.2. The number of nitrogens with zero attached hydrogens (tertiary/aromatic N) is 2. The lowest BCUT2D eigenvalue weighted by atomic mass is 10.2. The van der Waals surface area contributed by atoms with Crippen molar-refractivity contribution in [3.63, 3.8) is 0 Å². The number of ether oxygens (including phenoxy) is 1. The topological polar surface area (TPSA) is 54.5 Å². The molecular weight excluding hydrogens is 302 g/mol. The molecule has 22 heavy (non-hydrogen) atoms. The van der Waals surface area contributed by atoms with Crippen LogP contribution in [0.1, 0.15) is 10.4 Å². The Labute approximate surface area is 133 Å². The number of amides is 1. The van der Waals surface area contributed by atoms with Crippen LogP contribution in [0.25, 0.3) is 0 Å². The first-order chi connectivity index (χ1) is 10.7. The molecule has 0 radical (unpaired) electrons. The Kier molecular flexibility index (Phi) is 4.56. The predicted molar refractivity (Wildman–Crippen MR) is 86.7 cm³/mol. The van der Waals surface area contributed by atoms with Gasteiger partial charge in [0.05, 0.1) is 29.5 Å². The third-order valence-electron chi connectivity index (χ3n) is 3.50. The molecule has 114 valence electrons. The summed E-state index contributed by atoms with van der Waals surface area (Å²) < 4.78 is 5.35. The first-order valence-corrected chi connectivity index (χ1v) is 7.45. The number of rotatable bonds is 3. The molecule has 0 unspecified atom stereocenters. The van der Waals surface area contributed by atoms with Gasteiger partial charge in [-0.15, -0.1) is 0 Å². The van der Waals surface area contributed by atoms with Gasteiger partial charge in [0.15, 0.2) is 0 Å². The molecule has 1 aliphatic heterocycles. The van der Waals surface area contributed by atoms with E-state index in [1.54, 1.807) is 24.4 Å². The molecule has 0 aliphatic carbocycles. The van der Waals surface area contributed by atoms with Crippen LogP contribution in [0.4, 0.5) is 11.4 Å². The average Bonchev–Trinajstić information content (AvgIpc) is 2.58. The molecule has 1 aromatic carbocycles. The van der Waals surface area contributed by atoms with Gasteiger partial charge in [-0.05, 0) is 30.3 Å². The van der Waals surface area contributed by atoms with E-state index in [0.717, 1.165) is 18.8 Å². The quantitative estimate of drug-likeness (QED) is 0.946. The number of carbonyl (C=O) groups excluding carboxylic acids is 1. The molecule has 3 rings (SSSR count). The lowest BCUT2D eigenvalue weighted by Crippen LogP contribution is -2.36. The van der Waals surface area contributed by atoms with Crippen LogP contribution < -0.4 is 10.2 Å². The first-order valence-electron chi connectivity index (χ1n) is 7.07. The molecule has 0 saturated carbocycles. The third-order valence-corrected chi connectivity index (χ3v) is 3.83. The van der Waals surface area contributed by atoms with E-state index in [1.807, 2.05) is 12.1 Å². The second-order valence-electron chi connectivity index (χ2n) is 4.96. The number of pyridine rings is 1. The molecule has 0 spiro atoms. The average molecular weight is 318 g/mol. The number of benzene rings is 1. The van der Waals surface area contributed by atoms with Crippen molar-refractivity contribution in [3.8, 4) is 0 Å². The smallest absolute Gasteiger partial charge is 0.257 e. The number of hydrogen-bond acceptors (Lipinski definition) is 4. The summed E-state index contributed by atoms with van der Waals surface area (Å²) in [6.07, 6.45) is 3.15. The highest BCUT2D eigenvalue weighted by atomic mass is 35.5. The Balaban J connectivity index is 1.79. The van der Waals surface area contributed by atoms with Crippen molar-refractivity contribution in [2.24, 2.45) is 0 Å². The molecule has 1 saturated heterocycles. The molecule has 2 aromatic rings. The molecular formula is C16H16ClN3O2. The van der Waals surface area contributed by atoms with Crippen LogP contribution >= 0.6 is 11.6 Å². The van der Waals surface area contributed by atoms with Crippen molar-refractivity contribution >= 4 is 28.9 Å². The number of hydrogen-bond donors (Lipinski definition) is 1. The van der Waals surface area contributed by atoms with E-state index in [0.29, 0.717) is 29.5 Å². The highest BCUT2D eigenvalue weighted by molar-refractivity contribution is 6.34. The van der Waals surface area contributed by atoms with Gasteiger partial charge < -0.3 is 15.0 Å². The van der Waals surface area contributed by atoms with Crippen LogP contribution in [-0.4, -0.2) is 37.2 Å². The highest BCUT2D eigenvalue weighted by Gasteiger charge is 2.14. The molecule has 1 aromatic heterocycles. The molecule has 0 atom stereocenters. The summed E-state index contributed by atoms with van der Waals surface area (Å²) in [7, 11) is 0. The maximum Gasteiger partial charge on any atom is 0.257 e. The lowest BCUT2D eigenvalue weighted by molar-refractivity contribution is 0.102. The number of nitrogens with one attached hydrogen (secondary N) is 1. The summed E-state index contributed by atoms with van der Waals surface area (Å²) in [5, 5.41) is 3.35. The minimum Gasteiger partial charge on any atom is -0.378 e. The minimum absolute atomic E-state index is 0.228. The Hall–Kier alpha value is -2.11. The van der Waals surface area contributed by atoms with Gasteiger partial charge in [0.1, 0.15) is 0 Å². The van der Waals surface area contributed by atoms with Crippen molar-refractivity contribution in [2.45, 2.75) is 0 Å². The minimum atomic E-state index is -0.228. The van der Waals surface area contributed by atoms with Gasteiger partial charge in [-0.1, -0.05) is 11.6 Å². The van der Waals surface area contributed by atoms with Crippen LogP contribution in [-0.2, 0) is 4.74 Å². The molecule has 6 heteroatoms. The number of anilines is 2. The molecule has 5 nitrogen and oxygen atoms in total. The van der Waals surface area contributed by atoms with Crippen molar-refractivity contribution in [2.75, 3.05) is 36.5 Å². The van der Waals surface area contributed by atoms with Crippen molar-refractivity contribution in [1.29, 1.82) is 0 Å². The second kappa shape index (κ2) is 6.77. The van der Waals surface area contributed by atoms with E-state index < -0.39 is 0 Å². The largest absolute Gasteiger partial charge is 0.378 e. The highest BCUT2D eigenvalue weighted by Crippen LogP contribution is 2.28. The summed E-state index contributed by atoms with van der Waals surface area (Å²) in [5.74, 6) is -0.228. The SMILES string of the molecule is O=C(Nc1cc(N2CCOCC2)ccc1Cl)c1cccnc1. The van der Waals surface area contributed by atoms with Crippen LogP contribution in [0.15, 0.2) is 42.7 Å². The molecule has 1 N–H and O–H groups in total. The number of aromatic nitrogens is 1. The molecule has 1 amide bonds. The monoisotopic (exact) mass is 317 g/mol. The lowest BCUT2D eigenvalue weighted by Gasteiger charge is -2.29. The fourth-order valence-electron chi connectivity index (χ4n) is 2.32. The van der Waals surface area contributed by atoms with E-state index in [9.17, 15) is 4.79 Å². The summed E-state index contributed by atoms with van der Waals surface area (Å²) in [6.45, 7) is 3.08. The van der Waals surface area contributed by atoms with Gasteiger partial charge in [0, 0.05) is 31.2 Å². The standard InChI is InChI=1S/C16H16ClN3O2/c17-14-4-3-13(20-6-8-22-9-7-20)10-15(14)19-16(21)12-2-1-5-18-11-12/h1-5,10-11H,6-9H2,(H,19,21). The van der Waals surface area contributed by atoms with Gasteiger partial charge in [0.25, 0.3) is 5.91 Å². The van der Waals surface area contributed by atoms with Crippen molar-refractivity contribution in [1.82, 2.24) is 4.98 Å². The molecule has 1 aliphatic rings. The summed E-state index contributed by atoms with van der Waals surface area (Å²) in [5.41, 5.74) is 2.11. The van der Waals surface area contributed by atoms with E-state index >= 15 is 0 Å².